The molecule has 1 aromatic heterocycles. The van der Waals surface area contributed by atoms with Gasteiger partial charge in [0.2, 0.25) is 0 Å². The summed E-state index contributed by atoms with van der Waals surface area (Å²) < 4.78 is 0. The largest absolute Gasteiger partial charge is 0.393 e. The van der Waals surface area contributed by atoms with E-state index in [2.05, 4.69) is 4.98 Å². The van der Waals surface area contributed by atoms with Crippen molar-refractivity contribution in [2.45, 2.75) is 12.5 Å². The molecule has 1 aliphatic heterocycles. The molecular weight excluding hydrogens is 224 g/mol. The van der Waals surface area contributed by atoms with Gasteiger partial charge in [-0.1, -0.05) is 0 Å². The molecule has 0 aromatic carbocycles. The van der Waals surface area contributed by atoms with Crippen LogP contribution in [0.3, 0.4) is 0 Å². The minimum atomic E-state index is -1.51. The highest BCUT2D eigenvalue weighted by atomic mass is 16.3. The quantitative estimate of drug-likeness (QED) is 0.685. The topological polar surface area (TPSA) is 90.7 Å². The van der Waals surface area contributed by atoms with Crippen molar-refractivity contribution < 1.29 is 19.8 Å². The molecule has 6 heteroatoms. The second-order valence-electron chi connectivity index (χ2n) is 4.25. The van der Waals surface area contributed by atoms with Gasteiger partial charge in [0.15, 0.2) is 0 Å². The Bertz CT molecular complexity index is 449. The predicted molar refractivity (Wildman–Crippen MR) is 57.3 cm³/mol. The van der Waals surface area contributed by atoms with E-state index in [0.29, 0.717) is 0 Å². The number of nitrogens with zero attached hydrogens (tertiary/aromatic N) is 2. The Hall–Kier alpha value is -1.79. The van der Waals surface area contributed by atoms with E-state index in [9.17, 15) is 14.7 Å². The molecule has 1 unspecified atom stereocenters. The summed E-state index contributed by atoms with van der Waals surface area (Å²) in [5, 5.41) is 18.6. The molecule has 1 aromatic rings. The normalized spacial score (nSPS) is 18.2. The Morgan fingerprint density at radius 2 is 2.12 bits per heavy atom. The SMILES string of the molecule is CC(O)(CO)CN1C(=O)c2cccnc2C1=O. The van der Waals surface area contributed by atoms with Gasteiger partial charge in [-0.15, -0.1) is 0 Å². The first-order valence-corrected chi connectivity index (χ1v) is 5.11. The summed E-state index contributed by atoms with van der Waals surface area (Å²) in [6.07, 6.45) is 1.43. The number of aromatic nitrogens is 1. The molecule has 6 nitrogen and oxygen atoms in total. The lowest BCUT2D eigenvalue weighted by Crippen LogP contribution is -2.45. The molecule has 90 valence electrons. The number of fused-ring (bicyclic) bond motifs is 1. The first-order valence-electron chi connectivity index (χ1n) is 5.11. The fourth-order valence-electron chi connectivity index (χ4n) is 1.65. The molecule has 0 saturated carbocycles. The molecular formula is C11H12N2O4. The van der Waals surface area contributed by atoms with Gasteiger partial charge in [0.1, 0.15) is 11.3 Å². The summed E-state index contributed by atoms with van der Waals surface area (Å²) in [5.41, 5.74) is -1.19. The number of aliphatic hydroxyl groups is 2. The highest BCUT2D eigenvalue weighted by molar-refractivity contribution is 6.20. The van der Waals surface area contributed by atoms with Crippen molar-refractivity contribution in [3.8, 4) is 0 Å². The Morgan fingerprint density at radius 1 is 1.41 bits per heavy atom. The highest BCUT2D eigenvalue weighted by Gasteiger charge is 2.39. The van der Waals surface area contributed by atoms with E-state index >= 15 is 0 Å². The van der Waals surface area contributed by atoms with Crippen molar-refractivity contribution >= 4 is 11.8 Å². The monoisotopic (exact) mass is 236 g/mol. The maximum Gasteiger partial charge on any atom is 0.280 e. The molecule has 0 aliphatic carbocycles. The fraction of sp³-hybridized carbons (Fsp3) is 0.364. The number of imide groups is 1. The summed E-state index contributed by atoms with van der Waals surface area (Å²) in [5.74, 6) is -1.04. The van der Waals surface area contributed by atoms with Crippen molar-refractivity contribution in [1.82, 2.24) is 9.88 Å². The third-order valence-corrected chi connectivity index (χ3v) is 2.57. The number of hydrogen-bond acceptors (Lipinski definition) is 5. The van der Waals surface area contributed by atoms with E-state index in [-0.39, 0.29) is 17.8 Å². The van der Waals surface area contributed by atoms with Crippen LogP contribution in [0.1, 0.15) is 27.8 Å². The van der Waals surface area contributed by atoms with Crippen LogP contribution < -0.4 is 0 Å². The fourth-order valence-corrected chi connectivity index (χ4v) is 1.65. The van der Waals surface area contributed by atoms with Gasteiger partial charge in [-0.2, -0.15) is 0 Å². The van der Waals surface area contributed by atoms with E-state index < -0.39 is 24.0 Å². The first-order chi connectivity index (χ1) is 7.96. The van der Waals surface area contributed by atoms with Gasteiger partial charge >= 0.3 is 0 Å². The second kappa shape index (κ2) is 3.90. The molecule has 0 spiro atoms. The van der Waals surface area contributed by atoms with E-state index in [1.54, 1.807) is 6.07 Å². The number of amides is 2. The van der Waals surface area contributed by atoms with Gasteiger partial charge in [0, 0.05) is 6.20 Å². The number of carbonyl (C=O) groups is 2. The zero-order valence-corrected chi connectivity index (χ0v) is 9.25. The third kappa shape index (κ3) is 1.92. The van der Waals surface area contributed by atoms with Crippen molar-refractivity contribution in [3.05, 3.63) is 29.6 Å². The van der Waals surface area contributed by atoms with Crippen LogP contribution in [0.4, 0.5) is 0 Å². The summed E-state index contributed by atoms with van der Waals surface area (Å²) in [6, 6.07) is 3.08. The van der Waals surface area contributed by atoms with Crippen LogP contribution >= 0.6 is 0 Å². The van der Waals surface area contributed by atoms with Crippen LogP contribution in [0.15, 0.2) is 18.3 Å². The summed E-state index contributed by atoms with van der Waals surface area (Å²) in [7, 11) is 0. The number of carbonyl (C=O) groups excluding carboxylic acids is 2. The average molecular weight is 236 g/mol. The number of hydrogen-bond donors (Lipinski definition) is 2. The summed E-state index contributed by atoms with van der Waals surface area (Å²) in [4.78, 5) is 28.5. The van der Waals surface area contributed by atoms with E-state index in [1.807, 2.05) is 0 Å². The Kier molecular flexibility index (Phi) is 2.68. The summed E-state index contributed by atoms with van der Waals surface area (Å²) in [6.45, 7) is 0.565. The molecule has 0 saturated heterocycles. The minimum Gasteiger partial charge on any atom is -0.393 e. The molecule has 0 radical (unpaired) electrons. The Balaban J connectivity index is 2.31. The molecule has 2 rings (SSSR count). The van der Waals surface area contributed by atoms with Gasteiger partial charge < -0.3 is 10.2 Å². The van der Waals surface area contributed by atoms with E-state index in [1.165, 1.54) is 19.2 Å². The standard InChI is InChI=1S/C11H12N2O4/c1-11(17,6-14)5-13-9(15)7-3-2-4-12-8(7)10(13)16/h2-4,14,17H,5-6H2,1H3. The number of rotatable bonds is 3. The van der Waals surface area contributed by atoms with Crippen molar-refractivity contribution in [2.75, 3.05) is 13.2 Å². The second-order valence-corrected chi connectivity index (χ2v) is 4.25. The first kappa shape index (κ1) is 11.7. The van der Waals surface area contributed by atoms with Crippen LogP contribution in [0, 0.1) is 0 Å². The molecule has 2 heterocycles. The minimum absolute atomic E-state index is 0.0891. The Labute approximate surface area is 97.5 Å². The van der Waals surface area contributed by atoms with Gasteiger partial charge in [-0.25, -0.2) is 0 Å². The maximum atomic E-state index is 11.9. The lowest BCUT2D eigenvalue weighted by molar-refractivity contribution is -0.0176. The molecule has 2 N–H and O–H groups in total. The van der Waals surface area contributed by atoms with Crippen LogP contribution in [0.5, 0.6) is 0 Å². The van der Waals surface area contributed by atoms with Crippen molar-refractivity contribution in [2.24, 2.45) is 0 Å². The molecule has 17 heavy (non-hydrogen) atoms. The van der Waals surface area contributed by atoms with E-state index in [0.717, 1.165) is 4.90 Å². The smallest absolute Gasteiger partial charge is 0.280 e. The molecule has 1 atom stereocenters. The van der Waals surface area contributed by atoms with Crippen molar-refractivity contribution in [1.29, 1.82) is 0 Å². The molecule has 1 aliphatic rings. The highest BCUT2D eigenvalue weighted by Crippen LogP contribution is 2.22. The molecule has 2 amide bonds. The lowest BCUT2D eigenvalue weighted by atomic mass is 10.1. The van der Waals surface area contributed by atoms with Gasteiger partial charge in [0.05, 0.1) is 18.7 Å². The van der Waals surface area contributed by atoms with Gasteiger partial charge in [-0.3, -0.25) is 19.5 Å². The van der Waals surface area contributed by atoms with Crippen LogP contribution in [-0.2, 0) is 0 Å². The maximum absolute atomic E-state index is 11.9. The third-order valence-electron chi connectivity index (χ3n) is 2.57. The number of aliphatic hydroxyl groups excluding tert-OH is 1. The van der Waals surface area contributed by atoms with E-state index in [4.69, 9.17) is 5.11 Å². The van der Waals surface area contributed by atoms with Crippen molar-refractivity contribution in [3.63, 3.8) is 0 Å². The Morgan fingerprint density at radius 3 is 2.71 bits per heavy atom. The average Bonchev–Trinajstić information content (AvgIpc) is 2.55. The van der Waals surface area contributed by atoms with Gasteiger partial charge in [-0.05, 0) is 19.1 Å². The van der Waals surface area contributed by atoms with Crippen LogP contribution in [0.2, 0.25) is 0 Å². The summed E-state index contributed by atoms with van der Waals surface area (Å²) >= 11 is 0. The predicted octanol–water partition coefficient (Wildman–Crippen LogP) is -0.579. The lowest BCUT2D eigenvalue weighted by Gasteiger charge is -2.25. The zero-order valence-electron chi connectivity index (χ0n) is 9.25. The molecule has 0 fully saturated rings. The van der Waals surface area contributed by atoms with Gasteiger partial charge in [0.25, 0.3) is 11.8 Å². The van der Waals surface area contributed by atoms with Crippen LogP contribution in [0.25, 0.3) is 0 Å². The number of β-amino-alcohol motifs (C(OH)–C–C–N with tert-alkyl or cyclic N) is 1. The number of pyridine rings is 1. The molecule has 0 bridgehead atoms. The zero-order chi connectivity index (χ0) is 12.6. The van der Waals surface area contributed by atoms with Crippen LogP contribution in [-0.4, -0.2) is 50.7 Å².